The summed E-state index contributed by atoms with van der Waals surface area (Å²) in [6.45, 7) is 0. The standard InChI is InChI=1S/C13H8BrClO2/c14-10-2-5-12(6-3-10)17-13-7-11(15)4-1-9(13)8-16/h1-8H. The van der Waals surface area contributed by atoms with Gasteiger partial charge in [0.15, 0.2) is 6.29 Å². The van der Waals surface area contributed by atoms with E-state index in [1.54, 1.807) is 30.3 Å². The molecule has 0 saturated carbocycles. The smallest absolute Gasteiger partial charge is 0.153 e. The van der Waals surface area contributed by atoms with Crippen molar-refractivity contribution in [2.24, 2.45) is 0 Å². The molecule has 0 fully saturated rings. The van der Waals surface area contributed by atoms with Gasteiger partial charge in [-0.25, -0.2) is 0 Å². The van der Waals surface area contributed by atoms with Crippen LogP contribution in [-0.4, -0.2) is 6.29 Å². The van der Waals surface area contributed by atoms with Crippen LogP contribution < -0.4 is 4.74 Å². The first kappa shape index (κ1) is 12.1. The molecule has 0 aliphatic rings. The van der Waals surface area contributed by atoms with Gasteiger partial charge >= 0.3 is 0 Å². The predicted molar refractivity (Wildman–Crippen MR) is 71.1 cm³/mol. The monoisotopic (exact) mass is 310 g/mol. The van der Waals surface area contributed by atoms with Crippen LogP contribution in [0.25, 0.3) is 0 Å². The van der Waals surface area contributed by atoms with Gasteiger partial charge in [-0.05, 0) is 36.4 Å². The first-order valence-corrected chi connectivity index (χ1v) is 6.04. The minimum absolute atomic E-state index is 0.454. The van der Waals surface area contributed by atoms with Gasteiger partial charge in [0.1, 0.15) is 11.5 Å². The van der Waals surface area contributed by atoms with Crippen LogP contribution in [0.3, 0.4) is 0 Å². The summed E-state index contributed by atoms with van der Waals surface area (Å²) in [4.78, 5) is 10.9. The number of benzene rings is 2. The summed E-state index contributed by atoms with van der Waals surface area (Å²) in [5.74, 6) is 1.10. The maximum atomic E-state index is 10.9. The third kappa shape index (κ3) is 3.08. The normalized spacial score (nSPS) is 10.0. The van der Waals surface area contributed by atoms with Crippen molar-refractivity contribution in [1.29, 1.82) is 0 Å². The van der Waals surface area contributed by atoms with Crippen molar-refractivity contribution in [2.45, 2.75) is 0 Å². The molecule has 86 valence electrons. The van der Waals surface area contributed by atoms with Gasteiger partial charge in [-0.2, -0.15) is 0 Å². The van der Waals surface area contributed by atoms with E-state index in [0.717, 1.165) is 10.8 Å². The second-order valence-electron chi connectivity index (χ2n) is 3.36. The molecule has 0 spiro atoms. The van der Waals surface area contributed by atoms with Gasteiger partial charge in [0.05, 0.1) is 5.56 Å². The van der Waals surface area contributed by atoms with Gasteiger partial charge in [0.25, 0.3) is 0 Å². The zero-order valence-corrected chi connectivity index (χ0v) is 11.0. The quantitative estimate of drug-likeness (QED) is 0.768. The zero-order valence-electron chi connectivity index (χ0n) is 8.69. The molecule has 0 bridgehead atoms. The molecule has 0 atom stereocenters. The van der Waals surface area contributed by atoms with Gasteiger partial charge in [0, 0.05) is 15.6 Å². The molecule has 0 aromatic heterocycles. The number of carbonyl (C=O) groups excluding carboxylic acids is 1. The summed E-state index contributed by atoms with van der Waals surface area (Å²) in [6.07, 6.45) is 0.741. The van der Waals surface area contributed by atoms with Crippen LogP contribution >= 0.6 is 27.5 Å². The topological polar surface area (TPSA) is 26.3 Å². The van der Waals surface area contributed by atoms with Crippen LogP contribution in [0.2, 0.25) is 5.02 Å². The van der Waals surface area contributed by atoms with Gasteiger partial charge in [-0.3, -0.25) is 4.79 Å². The lowest BCUT2D eigenvalue weighted by Gasteiger charge is -2.08. The minimum Gasteiger partial charge on any atom is -0.457 e. The molecule has 0 N–H and O–H groups in total. The number of carbonyl (C=O) groups is 1. The number of hydrogen-bond acceptors (Lipinski definition) is 2. The van der Waals surface area contributed by atoms with Crippen LogP contribution in [0.15, 0.2) is 46.9 Å². The van der Waals surface area contributed by atoms with E-state index in [1.807, 2.05) is 12.1 Å². The Morgan fingerprint density at radius 3 is 2.47 bits per heavy atom. The Hall–Kier alpha value is -1.32. The predicted octanol–water partition coefficient (Wildman–Crippen LogP) is 4.71. The highest BCUT2D eigenvalue weighted by molar-refractivity contribution is 9.10. The molecule has 0 radical (unpaired) electrons. The van der Waals surface area contributed by atoms with Crippen LogP contribution in [0.5, 0.6) is 11.5 Å². The van der Waals surface area contributed by atoms with E-state index in [1.165, 1.54) is 0 Å². The van der Waals surface area contributed by atoms with E-state index in [9.17, 15) is 4.79 Å². The summed E-state index contributed by atoms with van der Waals surface area (Å²) >= 11 is 9.20. The summed E-state index contributed by atoms with van der Waals surface area (Å²) in [5, 5.41) is 0.530. The summed E-state index contributed by atoms with van der Waals surface area (Å²) in [7, 11) is 0. The Morgan fingerprint density at radius 1 is 1.12 bits per heavy atom. The van der Waals surface area contributed by atoms with Crippen LogP contribution in [0.1, 0.15) is 10.4 Å². The van der Waals surface area contributed by atoms with E-state index < -0.39 is 0 Å². The molecule has 17 heavy (non-hydrogen) atoms. The molecule has 0 aliphatic carbocycles. The van der Waals surface area contributed by atoms with E-state index in [4.69, 9.17) is 16.3 Å². The van der Waals surface area contributed by atoms with Gasteiger partial charge in [-0.1, -0.05) is 27.5 Å². The van der Waals surface area contributed by atoms with Crippen molar-refractivity contribution in [3.63, 3.8) is 0 Å². The fraction of sp³-hybridized carbons (Fsp3) is 0. The highest BCUT2D eigenvalue weighted by Gasteiger charge is 2.05. The van der Waals surface area contributed by atoms with Crippen molar-refractivity contribution in [3.05, 3.63) is 57.5 Å². The first-order valence-electron chi connectivity index (χ1n) is 4.87. The van der Waals surface area contributed by atoms with Crippen molar-refractivity contribution < 1.29 is 9.53 Å². The van der Waals surface area contributed by atoms with Crippen LogP contribution in [0.4, 0.5) is 0 Å². The summed E-state index contributed by atoms with van der Waals surface area (Å²) < 4.78 is 6.56. The summed E-state index contributed by atoms with van der Waals surface area (Å²) in [6, 6.07) is 12.2. The fourth-order valence-electron chi connectivity index (χ4n) is 1.32. The Kier molecular flexibility index (Phi) is 3.82. The lowest BCUT2D eigenvalue weighted by atomic mass is 10.2. The Morgan fingerprint density at radius 2 is 1.82 bits per heavy atom. The number of ether oxygens (including phenoxy) is 1. The molecule has 0 heterocycles. The molecular formula is C13H8BrClO2. The molecule has 4 heteroatoms. The van der Waals surface area contributed by atoms with Crippen molar-refractivity contribution in [3.8, 4) is 11.5 Å². The van der Waals surface area contributed by atoms with Gasteiger partial charge in [0.2, 0.25) is 0 Å². The van der Waals surface area contributed by atoms with Crippen molar-refractivity contribution in [2.75, 3.05) is 0 Å². The summed E-state index contributed by atoms with van der Waals surface area (Å²) in [5.41, 5.74) is 0.470. The number of aldehydes is 1. The minimum atomic E-state index is 0.454. The van der Waals surface area contributed by atoms with Crippen LogP contribution in [0, 0.1) is 0 Å². The molecular weight excluding hydrogens is 303 g/mol. The lowest BCUT2D eigenvalue weighted by Crippen LogP contribution is -1.90. The number of hydrogen-bond donors (Lipinski definition) is 0. The fourth-order valence-corrected chi connectivity index (χ4v) is 1.75. The maximum Gasteiger partial charge on any atom is 0.153 e. The van der Waals surface area contributed by atoms with E-state index in [-0.39, 0.29) is 0 Å². The highest BCUT2D eigenvalue weighted by Crippen LogP contribution is 2.28. The second kappa shape index (κ2) is 5.34. The van der Waals surface area contributed by atoms with Crippen molar-refractivity contribution >= 4 is 33.8 Å². The molecule has 2 aromatic rings. The van der Waals surface area contributed by atoms with Gasteiger partial charge in [-0.15, -0.1) is 0 Å². The third-order valence-corrected chi connectivity index (χ3v) is 2.91. The van der Waals surface area contributed by atoms with Crippen molar-refractivity contribution in [1.82, 2.24) is 0 Å². The van der Waals surface area contributed by atoms with Gasteiger partial charge < -0.3 is 4.74 Å². The Bertz CT molecular complexity index is 538. The number of rotatable bonds is 3. The molecule has 0 unspecified atom stereocenters. The SMILES string of the molecule is O=Cc1ccc(Cl)cc1Oc1ccc(Br)cc1. The maximum absolute atomic E-state index is 10.9. The average molecular weight is 312 g/mol. The zero-order chi connectivity index (χ0) is 12.3. The van der Waals surface area contributed by atoms with E-state index >= 15 is 0 Å². The average Bonchev–Trinajstić information content (AvgIpc) is 2.32. The Balaban J connectivity index is 2.31. The molecule has 2 nitrogen and oxygen atoms in total. The Labute approximate surface area is 112 Å². The van der Waals surface area contributed by atoms with E-state index in [0.29, 0.717) is 22.1 Å². The van der Waals surface area contributed by atoms with Crippen LogP contribution in [-0.2, 0) is 0 Å². The highest BCUT2D eigenvalue weighted by atomic mass is 79.9. The largest absolute Gasteiger partial charge is 0.457 e. The molecule has 2 aromatic carbocycles. The molecule has 0 aliphatic heterocycles. The number of halogens is 2. The molecule has 0 saturated heterocycles. The lowest BCUT2D eigenvalue weighted by molar-refractivity contribution is 0.112. The van der Waals surface area contributed by atoms with E-state index in [2.05, 4.69) is 15.9 Å². The molecule has 2 rings (SSSR count). The second-order valence-corrected chi connectivity index (χ2v) is 4.71. The molecule has 0 amide bonds. The third-order valence-electron chi connectivity index (χ3n) is 2.14. The first-order chi connectivity index (χ1) is 8.19.